The van der Waals surface area contributed by atoms with Crippen molar-refractivity contribution in [1.29, 1.82) is 0 Å². The van der Waals surface area contributed by atoms with E-state index in [1.54, 1.807) is 37.4 Å². The first-order valence-electron chi connectivity index (χ1n) is 8.90. The van der Waals surface area contributed by atoms with E-state index in [4.69, 9.17) is 28.9 Å². The molecule has 0 bridgehead atoms. The van der Waals surface area contributed by atoms with Gasteiger partial charge in [0.2, 0.25) is 0 Å². The Bertz CT molecular complexity index is 1100. The third-order valence-electron chi connectivity index (χ3n) is 4.69. The van der Waals surface area contributed by atoms with Gasteiger partial charge in [0.05, 0.1) is 20.7 Å². The molecule has 1 heterocycles. The molecule has 1 unspecified atom stereocenters. The molecule has 0 saturated carbocycles. The summed E-state index contributed by atoms with van der Waals surface area (Å²) in [6.45, 7) is 1.97. The van der Waals surface area contributed by atoms with Gasteiger partial charge in [-0.2, -0.15) is 0 Å². The molecule has 29 heavy (non-hydrogen) atoms. The maximum atomic E-state index is 12.0. The summed E-state index contributed by atoms with van der Waals surface area (Å²) in [5.41, 5.74) is 9.08. The number of halogens is 3. The summed E-state index contributed by atoms with van der Waals surface area (Å²) in [5, 5.41) is 0.934. The molecule has 0 fully saturated rings. The summed E-state index contributed by atoms with van der Waals surface area (Å²) in [6.07, 6.45) is 1.72. The fraction of sp³-hybridized carbons (Fsp3) is 0.190. The molecule has 0 spiro atoms. The van der Waals surface area contributed by atoms with Crippen LogP contribution in [0.25, 0.3) is 11.1 Å². The molecule has 2 N–H and O–H groups in total. The van der Waals surface area contributed by atoms with E-state index < -0.39 is 9.84 Å². The fourth-order valence-electron chi connectivity index (χ4n) is 3.09. The molecule has 4 nitrogen and oxygen atoms in total. The Morgan fingerprint density at radius 3 is 2.17 bits per heavy atom. The number of hydrogen-bond donors (Lipinski definition) is 1. The quantitative estimate of drug-likeness (QED) is 0.458. The van der Waals surface area contributed by atoms with Crippen LogP contribution in [-0.4, -0.2) is 25.7 Å². The molecule has 2 aromatic carbocycles. The maximum Gasteiger partial charge on any atom is 0.178 e. The zero-order valence-corrected chi connectivity index (χ0v) is 19.5. The molecule has 0 aliphatic rings. The van der Waals surface area contributed by atoms with Gasteiger partial charge in [-0.25, -0.2) is 8.42 Å². The Hall–Kier alpha value is -1.44. The number of hydrogen-bond acceptors (Lipinski definition) is 4. The van der Waals surface area contributed by atoms with Crippen molar-refractivity contribution in [1.82, 2.24) is 4.98 Å². The summed E-state index contributed by atoms with van der Waals surface area (Å²) >= 11 is 16.5. The van der Waals surface area contributed by atoms with Crippen LogP contribution in [0.15, 0.2) is 64.1 Å². The number of rotatable bonds is 6. The van der Waals surface area contributed by atoms with Gasteiger partial charge < -0.3 is 5.73 Å². The van der Waals surface area contributed by atoms with Crippen LogP contribution in [0.4, 0.5) is 0 Å². The van der Waals surface area contributed by atoms with Crippen LogP contribution >= 0.6 is 39.1 Å². The van der Waals surface area contributed by atoms with Crippen molar-refractivity contribution in [3.8, 4) is 11.1 Å². The molecule has 0 aliphatic carbocycles. The zero-order valence-electron chi connectivity index (χ0n) is 15.6. The van der Waals surface area contributed by atoms with Crippen molar-refractivity contribution in [3.63, 3.8) is 0 Å². The van der Waals surface area contributed by atoms with Crippen molar-refractivity contribution in [2.75, 3.05) is 12.3 Å². The molecule has 0 radical (unpaired) electrons. The first-order valence-corrected chi connectivity index (χ1v) is 12.1. The zero-order chi connectivity index (χ0) is 21.2. The molecule has 1 aromatic heterocycles. The topological polar surface area (TPSA) is 73.0 Å². The third kappa shape index (κ3) is 4.84. The lowest BCUT2D eigenvalue weighted by Gasteiger charge is -2.18. The molecule has 8 heteroatoms. The van der Waals surface area contributed by atoms with E-state index in [0.717, 1.165) is 21.3 Å². The first-order chi connectivity index (χ1) is 13.8. The Morgan fingerprint density at radius 1 is 1.07 bits per heavy atom. The molecule has 0 saturated heterocycles. The number of pyridine rings is 1. The highest BCUT2D eigenvalue weighted by Gasteiger charge is 2.19. The fourth-order valence-corrected chi connectivity index (χ4v) is 4.93. The number of nitrogens with two attached hydrogens (primary N) is 1. The SMILES string of the molecule is CCS(=O)(=O)c1ccc(-c2c(Cl)cc(C(CN)c3ccc(Br)cn3)cc2Cl)cc1. The second-order valence-corrected chi connectivity index (χ2v) is 10.5. The van der Waals surface area contributed by atoms with E-state index in [0.29, 0.717) is 22.2 Å². The highest BCUT2D eigenvalue weighted by molar-refractivity contribution is 9.10. The minimum Gasteiger partial charge on any atom is -0.329 e. The van der Waals surface area contributed by atoms with Gasteiger partial charge in [-0.1, -0.05) is 42.3 Å². The molecular formula is C21H19BrCl2N2O2S. The summed E-state index contributed by atoms with van der Waals surface area (Å²) in [5.74, 6) is -0.100. The smallest absolute Gasteiger partial charge is 0.178 e. The van der Waals surface area contributed by atoms with Gasteiger partial charge in [0.25, 0.3) is 0 Å². The summed E-state index contributed by atoms with van der Waals surface area (Å²) in [6, 6.07) is 14.1. The van der Waals surface area contributed by atoms with Crippen LogP contribution in [0.3, 0.4) is 0 Å². The molecule has 152 valence electrons. The minimum absolute atomic E-state index is 0.0487. The van der Waals surface area contributed by atoms with E-state index in [-0.39, 0.29) is 16.6 Å². The van der Waals surface area contributed by atoms with E-state index in [1.165, 1.54) is 0 Å². The second kappa shape index (κ2) is 9.14. The highest BCUT2D eigenvalue weighted by Crippen LogP contribution is 2.38. The number of aromatic nitrogens is 1. The monoisotopic (exact) mass is 512 g/mol. The standard InChI is InChI=1S/C21H19BrCl2N2O2S/c1-2-29(27,28)16-6-3-13(4-7-16)21-18(23)9-14(10-19(21)24)17(11-25)20-8-5-15(22)12-26-20/h3-10,12,17H,2,11,25H2,1H3. The summed E-state index contributed by atoms with van der Waals surface area (Å²) in [4.78, 5) is 4.71. The second-order valence-electron chi connectivity index (χ2n) is 6.48. The van der Waals surface area contributed by atoms with Gasteiger partial charge in [0.1, 0.15) is 0 Å². The number of benzene rings is 2. The molecule has 3 aromatic rings. The predicted octanol–water partition coefficient (Wildman–Crippen LogP) is 5.70. The molecule has 0 aliphatic heterocycles. The Labute approximate surface area is 189 Å². The average Bonchev–Trinajstić information content (AvgIpc) is 2.70. The van der Waals surface area contributed by atoms with Crippen LogP contribution in [-0.2, 0) is 9.84 Å². The van der Waals surface area contributed by atoms with Crippen molar-refractivity contribution in [2.45, 2.75) is 17.7 Å². The number of nitrogens with zero attached hydrogens (tertiary/aromatic N) is 1. The minimum atomic E-state index is -3.26. The van der Waals surface area contributed by atoms with Gasteiger partial charge in [0.15, 0.2) is 9.84 Å². The van der Waals surface area contributed by atoms with E-state index in [9.17, 15) is 8.42 Å². The van der Waals surface area contributed by atoms with Crippen molar-refractivity contribution in [3.05, 3.63) is 80.5 Å². The lowest BCUT2D eigenvalue weighted by molar-refractivity contribution is 0.597. The van der Waals surface area contributed by atoms with Crippen molar-refractivity contribution in [2.24, 2.45) is 5.73 Å². The van der Waals surface area contributed by atoms with Gasteiger partial charge in [0, 0.05) is 34.4 Å². The lowest BCUT2D eigenvalue weighted by Crippen LogP contribution is -2.15. The van der Waals surface area contributed by atoms with Crippen LogP contribution in [0.1, 0.15) is 24.1 Å². The van der Waals surface area contributed by atoms with Crippen molar-refractivity contribution >= 4 is 49.0 Å². The third-order valence-corrected chi connectivity index (χ3v) is 7.51. The summed E-state index contributed by atoms with van der Waals surface area (Å²) in [7, 11) is -3.26. The maximum absolute atomic E-state index is 12.0. The van der Waals surface area contributed by atoms with Crippen LogP contribution in [0, 0.1) is 0 Å². The Kier molecular flexibility index (Phi) is 7.02. The van der Waals surface area contributed by atoms with Gasteiger partial charge in [-0.3, -0.25) is 4.98 Å². The normalized spacial score (nSPS) is 12.7. The van der Waals surface area contributed by atoms with E-state index in [1.807, 2.05) is 24.3 Å². The molecular weight excluding hydrogens is 495 g/mol. The van der Waals surface area contributed by atoms with Crippen LogP contribution in [0.5, 0.6) is 0 Å². The van der Waals surface area contributed by atoms with Crippen molar-refractivity contribution < 1.29 is 8.42 Å². The largest absolute Gasteiger partial charge is 0.329 e. The van der Waals surface area contributed by atoms with E-state index >= 15 is 0 Å². The average molecular weight is 514 g/mol. The van der Waals surface area contributed by atoms with Crippen LogP contribution < -0.4 is 5.73 Å². The van der Waals surface area contributed by atoms with E-state index in [2.05, 4.69) is 20.9 Å². The Morgan fingerprint density at radius 2 is 1.69 bits per heavy atom. The van der Waals surface area contributed by atoms with Gasteiger partial charge >= 0.3 is 0 Å². The first kappa shape index (κ1) is 22.2. The lowest BCUT2D eigenvalue weighted by atomic mass is 9.93. The Balaban J connectivity index is 2.00. The summed E-state index contributed by atoms with van der Waals surface area (Å²) < 4.78 is 24.9. The van der Waals surface area contributed by atoms with Gasteiger partial charge in [-0.05, 0) is 63.5 Å². The molecule has 0 amide bonds. The molecule has 1 atom stereocenters. The number of sulfone groups is 1. The van der Waals surface area contributed by atoms with Gasteiger partial charge in [-0.15, -0.1) is 0 Å². The molecule has 3 rings (SSSR count). The highest BCUT2D eigenvalue weighted by atomic mass is 79.9. The predicted molar refractivity (Wildman–Crippen MR) is 122 cm³/mol. The van der Waals surface area contributed by atoms with Crippen LogP contribution in [0.2, 0.25) is 10.0 Å².